The highest BCUT2D eigenvalue weighted by Crippen LogP contribution is 2.02. The van der Waals surface area contributed by atoms with E-state index in [0.29, 0.717) is 11.7 Å². The third-order valence-electron chi connectivity index (χ3n) is 1.31. The van der Waals surface area contributed by atoms with Crippen LogP contribution in [0.25, 0.3) is 0 Å². The Hall–Kier alpha value is -0.380. The monoisotopic (exact) mass is 163 g/mol. The van der Waals surface area contributed by atoms with Crippen LogP contribution in [0.5, 0.6) is 0 Å². The highest BCUT2D eigenvalue weighted by Gasteiger charge is 2.12. The Morgan fingerprint density at radius 1 is 1.70 bits per heavy atom. The molecule has 4 heteroatoms. The summed E-state index contributed by atoms with van der Waals surface area (Å²) in [5, 5.41) is 10.7. The van der Waals surface area contributed by atoms with Gasteiger partial charge in [-0.1, -0.05) is 13.8 Å². The SMILES string of the molecule is CC(C)[C@@H](CS)NC(=O)O. The van der Waals surface area contributed by atoms with E-state index in [4.69, 9.17) is 5.11 Å². The van der Waals surface area contributed by atoms with Crippen LogP contribution in [0.2, 0.25) is 0 Å². The molecule has 3 nitrogen and oxygen atoms in total. The van der Waals surface area contributed by atoms with Crippen LogP contribution < -0.4 is 5.32 Å². The fourth-order valence-corrected chi connectivity index (χ4v) is 1.09. The highest BCUT2D eigenvalue weighted by atomic mass is 32.1. The first-order valence-electron chi connectivity index (χ1n) is 3.18. The second-order valence-corrected chi connectivity index (χ2v) is 2.85. The largest absolute Gasteiger partial charge is 0.465 e. The summed E-state index contributed by atoms with van der Waals surface area (Å²) in [4.78, 5) is 10.1. The predicted molar refractivity (Wildman–Crippen MR) is 43.6 cm³/mol. The molecule has 0 rings (SSSR count). The van der Waals surface area contributed by atoms with Crippen LogP contribution in [-0.4, -0.2) is 23.0 Å². The van der Waals surface area contributed by atoms with Gasteiger partial charge in [0.2, 0.25) is 0 Å². The van der Waals surface area contributed by atoms with Gasteiger partial charge in [0.25, 0.3) is 0 Å². The molecule has 0 aliphatic rings. The summed E-state index contributed by atoms with van der Waals surface area (Å²) in [7, 11) is 0. The van der Waals surface area contributed by atoms with Crippen molar-refractivity contribution in [3.05, 3.63) is 0 Å². The normalized spacial score (nSPS) is 13.2. The third kappa shape index (κ3) is 3.61. The number of thiol groups is 1. The van der Waals surface area contributed by atoms with E-state index in [-0.39, 0.29) is 6.04 Å². The number of nitrogens with one attached hydrogen (secondary N) is 1. The van der Waals surface area contributed by atoms with Crippen molar-refractivity contribution in [1.82, 2.24) is 5.32 Å². The molecule has 0 saturated heterocycles. The fourth-order valence-electron chi connectivity index (χ4n) is 0.582. The standard InChI is InChI=1S/C6H13NO2S/c1-4(2)5(3-10)7-6(8)9/h4-5,7,10H,3H2,1-2H3,(H,8,9)/t5-/m1/s1. The molecule has 1 atom stereocenters. The van der Waals surface area contributed by atoms with Gasteiger partial charge in [0.05, 0.1) is 0 Å². The summed E-state index contributed by atoms with van der Waals surface area (Å²) >= 11 is 4.00. The summed E-state index contributed by atoms with van der Waals surface area (Å²) in [5.41, 5.74) is 0. The number of carbonyl (C=O) groups is 1. The summed E-state index contributed by atoms with van der Waals surface area (Å²) in [6.45, 7) is 3.91. The first kappa shape index (κ1) is 9.62. The van der Waals surface area contributed by atoms with Crippen molar-refractivity contribution in [2.45, 2.75) is 19.9 Å². The summed E-state index contributed by atoms with van der Waals surface area (Å²) < 4.78 is 0. The molecule has 0 aliphatic carbocycles. The molecule has 0 aromatic heterocycles. The van der Waals surface area contributed by atoms with Gasteiger partial charge in [-0.25, -0.2) is 4.79 Å². The second-order valence-electron chi connectivity index (χ2n) is 2.48. The molecule has 0 aromatic carbocycles. The van der Waals surface area contributed by atoms with E-state index < -0.39 is 6.09 Å². The fraction of sp³-hybridized carbons (Fsp3) is 0.833. The van der Waals surface area contributed by atoms with Gasteiger partial charge in [0.15, 0.2) is 0 Å². The van der Waals surface area contributed by atoms with E-state index in [1.165, 1.54) is 0 Å². The van der Waals surface area contributed by atoms with Crippen molar-refractivity contribution in [2.24, 2.45) is 5.92 Å². The molecule has 0 aromatic rings. The molecule has 0 unspecified atom stereocenters. The maximum absolute atomic E-state index is 10.1. The van der Waals surface area contributed by atoms with E-state index in [1.54, 1.807) is 0 Å². The van der Waals surface area contributed by atoms with E-state index >= 15 is 0 Å². The summed E-state index contributed by atoms with van der Waals surface area (Å²) in [6, 6.07) is -0.0409. The molecule has 0 spiro atoms. The maximum Gasteiger partial charge on any atom is 0.404 e. The average molecular weight is 163 g/mol. The van der Waals surface area contributed by atoms with Gasteiger partial charge in [0, 0.05) is 11.8 Å². The first-order chi connectivity index (χ1) is 4.57. The predicted octanol–water partition coefficient (Wildman–Crippen LogP) is 1.21. The maximum atomic E-state index is 10.1. The number of carboxylic acid groups (broad SMARTS) is 1. The molecule has 0 aliphatic heterocycles. The van der Waals surface area contributed by atoms with Crippen LogP contribution in [0.4, 0.5) is 4.79 Å². The number of hydrogen-bond acceptors (Lipinski definition) is 2. The van der Waals surface area contributed by atoms with Crippen LogP contribution in [0.15, 0.2) is 0 Å². The molecular formula is C6H13NO2S. The lowest BCUT2D eigenvalue weighted by molar-refractivity contribution is 0.187. The van der Waals surface area contributed by atoms with Crippen LogP contribution in [0, 0.1) is 5.92 Å². The zero-order chi connectivity index (χ0) is 8.15. The van der Waals surface area contributed by atoms with Crippen LogP contribution in [0.1, 0.15) is 13.8 Å². The minimum atomic E-state index is -0.979. The van der Waals surface area contributed by atoms with Crippen molar-refractivity contribution in [3.63, 3.8) is 0 Å². The Morgan fingerprint density at radius 2 is 2.20 bits per heavy atom. The molecule has 0 bridgehead atoms. The van der Waals surface area contributed by atoms with Crippen LogP contribution >= 0.6 is 12.6 Å². The van der Waals surface area contributed by atoms with E-state index in [9.17, 15) is 4.79 Å². The van der Waals surface area contributed by atoms with Crippen molar-refractivity contribution in [1.29, 1.82) is 0 Å². The summed E-state index contributed by atoms with van der Waals surface area (Å²) in [5.74, 6) is 0.845. The van der Waals surface area contributed by atoms with E-state index in [1.807, 2.05) is 13.8 Å². The Kier molecular flexibility index (Phi) is 4.27. The first-order valence-corrected chi connectivity index (χ1v) is 3.81. The molecule has 60 valence electrons. The van der Waals surface area contributed by atoms with Crippen molar-refractivity contribution < 1.29 is 9.90 Å². The molecule has 2 N–H and O–H groups in total. The van der Waals surface area contributed by atoms with Gasteiger partial charge in [-0.3, -0.25) is 0 Å². The minimum absolute atomic E-state index is 0.0409. The topological polar surface area (TPSA) is 49.3 Å². The van der Waals surface area contributed by atoms with Crippen LogP contribution in [0.3, 0.4) is 0 Å². The van der Waals surface area contributed by atoms with Gasteiger partial charge < -0.3 is 10.4 Å². The molecule has 1 amide bonds. The van der Waals surface area contributed by atoms with Crippen molar-refractivity contribution in [3.8, 4) is 0 Å². The van der Waals surface area contributed by atoms with Crippen molar-refractivity contribution in [2.75, 3.05) is 5.75 Å². The van der Waals surface area contributed by atoms with Gasteiger partial charge in [-0.15, -0.1) is 0 Å². The molecule has 0 heterocycles. The summed E-state index contributed by atoms with van der Waals surface area (Å²) in [6.07, 6.45) is -0.979. The number of rotatable bonds is 3. The van der Waals surface area contributed by atoms with Gasteiger partial charge >= 0.3 is 6.09 Å². The van der Waals surface area contributed by atoms with Crippen molar-refractivity contribution >= 4 is 18.7 Å². The van der Waals surface area contributed by atoms with Gasteiger partial charge in [0.1, 0.15) is 0 Å². The lowest BCUT2D eigenvalue weighted by atomic mass is 10.1. The molecular weight excluding hydrogens is 150 g/mol. The quantitative estimate of drug-likeness (QED) is 0.548. The Labute approximate surface area is 66.2 Å². The lowest BCUT2D eigenvalue weighted by Gasteiger charge is -2.17. The molecule has 0 fully saturated rings. The Morgan fingerprint density at radius 3 is 2.30 bits per heavy atom. The molecule has 10 heavy (non-hydrogen) atoms. The van der Waals surface area contributed by atoms with E-state index in [2.05, 4.69) is 17.9 Å². The van der Waals surface area contributed by atoms with Gasteiger partial charge in [-0.05, 0) is 5.92 Å². The Bertz CT molecular complexity index is 116. The minimum Gasteiger partial charge on any atom is -0.465 e. The van der Waals surface area contributed by atoms with Gasteiger partial charge in [-0.2, -0.15) is 12.6 Å². The number of amides is 1. The smallest absolute Gasteiger partial charge is 0.404 e. The average Bonchev–Trinajstić information content (AvgIpc) is 1.81. The highest BCUT2D eigenvalue weighted by molar-refractivity contribution is 7.80. The molecule has 0 radical (unpaired) electrons. The second kappa shape index (κ2) is 4.44. The zero-order valence-electron chi connectivity index (χ0n) is 6.16. The third-order valence-corrected chi connectivity index (χ3v) is 1.70. The van der Waals surface area contributed by atoms with E-state index in [0.717, 1.165) is 0 Å². The lowest BCUT2D eigenvalue weighted by Crippen LogP contribution is -2.38. The zero-order valence-corrected chi connectivity index (χ0v) is 7.06. The Balaban J connectivity index is 3.71. The number of hydrogen-bond donors (Lipinski definition) is 3. The van der Waals surface area contributed by atoms with Crippen LogP contribution in [-0.2, 0) is 0 Å². The molecule has 0 saturated carbocycles.